The zero-order chi connectivity index (χ0) is 16.8. The average Bonchev–Trinajstić information content (AvgIpc) is 3.16. The summed E-state index contributed by atoms with van der Waals surface area (Å²) in [5, 5.41) is 3.04. The zero-order valence-electron chi connectivity index (χ0n) is 13.8. The first-order valence-electron chi connectivity index (χ1n) is 8.60. The van der Waals surface area contributed by atoms with E-state index >= 15 is 0 Å². The fourth-order valence-electron chi connectivity index (χ4n) is 3.10. The van der Waals surface area contributed by atoms with Crippen LogP contribution in [0.5, 0.6) is 5.75 Å². The van der Waals surface area contributed by atoms with Crippen LogP contribution in [0, 0.1) is 0 Å². The van der Waals surface area contributed by atoms with Crippen molar-refractivity contribution < 1.29 is 19.1 Å². The first-order valence-corrected chi connectivity index (χ1v) is 8.60. The van der Waals surface area contributed by atoms with Crippen molar-refractivity contribution in [3.8, 4) is 5.75 Å². The Morgan fingerprint density at radius 2 is 1.92 bits per heavy atom. The number of nitrogens with one attached hydrogen (secondary N) is 1. The number of likely N-dealkylation sites (tertiary alicyclic amines) is 1. The quantitative estimate of drug-likeness (QED) is 0.884. The van der Waals surface area contributed by atoms with Crippen molar-refractivity contribution in [2.24, 2.45) is 0 Å². The van der Waals surface area contributed by atoms with Gasteiger partial charge in [0.15, 0.2) is 6.61 Å². The van der Waals surface area contributed by atoms with E-state index < -0.39 is 0 Å². The number of nitrogens with zero attached hydrogens (tertiary/aromatic N) is 1. The molecule has 2 saturated heterocycles. The molecule has 0 spiro atoms. The summed E-state index contributed by atoms with van der Waals surface area (Å²) in [4.78, 5) is 26.1. The Kier molecular flexibility index (Phi) is 5.69. The zero-order valence-corrected chi connectivity index (χ0v) is 13.8. The molecule has 1 unspecified atom stereocenters. The average molecular weight is 332 g/mol. The molecule has 1 aromatic carbocycles. The van der Waals surface area contributed by atoms with Crippen LogP contribution >= 0.6 is 0 Å². The van der Waals surface area contributed by atoms with Gasteiger partial charge < -0.3 is 19.7 Å². The monoisotopic (exact) mass is 332 g/mol. The molecule has 1 N–H and O–H groups in total. The van der Waals surface area contributed by atoms with Crippen LogP contribution in [0.1, 0.15) is 25.7 Å². The Balaban J connectivity index is 1.38. The van der Waals surface area contributed by atoms with Crippen LogP contribution in [-0.2, 0) is 14.3 Å². The van der Waals surface area contributed by atoms with Gasteiger partial charge in [-0.1, -0.05) is 18.2 Å². The highest BCUT2D eigenvalue weighted by Crippen LogP contribution is 2.15. The third kappa shape index (κ3) is 4.47. The fraction of sp³-hybridized carbons (Fsp3) is 0.556. The minimum absolute atomic E-state index is 0.00955. The van der Waals surface area contributed by atoms with Gasteiger partial charge in [-0.15, -0.1) is 0 Å². The molecule has 6 heteroatoms. The molecule has 24 heavy (non-hydrogen) atoms. The topological polar surface area (TPSA) is 67.9 Å². The lowest BCUT2D eigenvalue weighted by Crippen LogP contribution is -2.49. The molecule has 3 rings (SSSR count). The van der Waals surface area contributed by atoms with Gasteiger partial charge in [-0.3, -0.25) is 9.59 Å². The van der Waals surface area contributed by atoms with Gasteiger partial charge in [-0.05, 0) is 37.8 Å². The van der Waals surface area contributed by atoms with E-state index in [-0.39, 0.29) is 30.6 Å². The van der Waals surface area contributed by atoms with E-state index in [0.29, 0.717) is 25.4 Å². The molecular formula is C18H24N2O4. The van der Waals surface area contributed by atoms with Crippen LogP contribution in [0.25, 0.3) is 0 Å². The van der Waals surface area contributed by atoms with Crippen molar-refractivity contribution in [1.29, 1.82) is 0 Å². The van der Waals surface area contributed by atoms with Crippen LogP contribution in [0.3, 0.4) is 0 Å². The van der Waals surface area contributed by atoms with Gasteiger partial charge in [0, 0.05) is 25.7 Å². The molecule has 2 aliphatic rings. The molecule has 0 radical (unpaired) electrons. The number of carbonyl (C=O) groups excluding carboxylic acids is 2. The van der Waals surface area contributed by atoms with Gasteiger partial charge in [0.05, 0.1) is 0 Å². The van der Waals surface area contributed by atoms with Crippen molar-refractivity contribution in [1.82, 2.24) is 10.2 Å². The smallest absolute Gasteiger partial charge is 0.260 e. The number of hydrogen-bond donors (Lipinski definition) is 1. The third-order valence-corrected chi connectivity index (χ3v) is 4.52. The van der Waals surface area contributed by atoms with Gasteiger partial charge in [-0.2, -0.15) is 0 Å². The van der Waals surface area contributed by atoms with Crippen LogP contribution in [0.15, 0.2) is 30.3 Å². The molecule has 0 aromatic heterocycles. The van der Waals surface area contributed by atoms with Gasteiger partial charge >= 0.3 is 0 Å². The van der Waals surface area contributed by atoms with E-state index in [0.717, 1.165) is 25.7 Å². The summed E-state index contributed by atoms with van der Waals surface area (Å²) in [6.45, 7) is 2.02. The fourth-order valence-corrected chi connectivity index (χ4v) is 3.10. The Hall–Kier alpha value is -2.08. The maximum Gasteiger partial charge on any atom is 0.260 e. The summed E-state index contributed by atoms with van der Waals surface area (Å²) in [6, 6.07) is 9.45. The molecule has 0 bridgehead atoms. The summed E-state index contributed by atoms with van der Waals surface area (Å²) in [6.07, 6.45) is 3.02. The molecule has 2 heterocycles. The molecule has 1 atom stereocenters. The molecule has 2 amide bonds. The number of carbonyl (C=O) groups is 2. The summed E-state index contributed by atoms with van der Waals surface area (Å²) in [5.41, 5.74) is 0. The van der Waals surface area contributed by atoms with Crippen molar-refractivity contribution in [2.75, 3.05) is 26.3 Å². The molecular weight excluding hydrogens is 308 g/mol. The predicted molar refractivity (Wildman–Crippen MR) is 88.7 cm³/mol. The van der Waals surface area contributed by atoms with Gasteiger partial charge in [0.2, 0.25) is 5.91 Å². The number of benzene rings is 1. The van der Waals surface area contributed by atoms with E-state index in [2.05, 4.69) is 5.32 Å². The Labute approximate surface area is 142 Å². The number of amides is 2. The lowest BCUT2D eigenvalue weighted by molar-refractivity contribution is -0.135. The lowest BCUT2D eigenvalue weighted by Gasteiger charge is -2.32. The van der Waals surface area contributed by atoms with E-state index in [1.165, 1.54) is 0 Å². The summed E-state index contributed by atoms with van der Waals surface area (Å²) in [7, 11) is 0. The number of ether oxygens (including phenoxy) is 2. The van der Waals surface area contributed by atoms with Gasteiger partial charge in [0.25, 0.3) is 5.91 Å². The van der Waals surface area contributed by atoms with Gasteiger partial charge in [0.1, 0.15) is 11.9 Å². The van der Waals surface area contributed by atoms with Crippen LogP contribution < -0.4 is 10.1 Å². The van der Waals surface area contributed by atoms with Crippen molar-refractivity contribution in [3.63, 3.8) is 0 Å². The van der Waals surface area contributed by atoms with Crippen molar-refractivity contribution in [3.05, 3.63) is 30.3 Å². The van der Waals surface area contributed by atoms with Gasteiger partial charge in [-0.25, -0.2) is 0 Å². The largest absolute Gasteiger partial charge is 0.484 e. The lowest BCUT2D eigenvalue weighted by atomic mass is 10.0. The number of rotatable bonds is 5. The van der Waals surface area contributed by atoms with E-state index in [9.17, 15) is 9.59 Å². The summed E-state index contributed by atoms with van der Waals surface area (Å²) in [5.74, 6) is 0.678. The molecule has 0 aliphatic carbocycles. The predicted octanol–water partition coefficient (Wildman–Crippen LogP) is 1.35. The molecule has 2 fully saturated rings. The molecule has 1 aromatic rings. The van der Waals surface area contributed by atoms with E-state index in [4.69, 9.17) is 9.47 Å². The van der Waals surface area contributed by atoms with Crippen LogP contribution in [-0.4, -0.2) is 55.2 Å². The second-order valence-corrected chi connectivity index (χ2v) is 6.27. The second kappa shape index (κ2) is 8.15. The molecule has 2 aliphatic heterocycles. The Morgan fingerprint density at radius 1 is 1.17 bits per heavy atom. The van der Waals surface area contributed by atoms with Crippen molar-refractivity contribution in [2.45, 2.75) is 37.8 Å². The Bertz CT molecular complexity index is 549. The second-order valence-electron chi connectivity index (χ2n) is 6.27. The minimum Gasteiger partial charge on any atom is -0.484 e. The number of piperidine rings is 1. The highest BCUT2D eigenvalue weighted by molar-refractivity contribution is 5.81. The number of hydrogen-bond acceptors (Lipinski definition) is 4. The standard InChI is InChI=1S/C18H24N2O4/c21-17(13-24-15-5-2-1-3-6-15)20-10-8-14(9-11-20)19-18(22)16-7-4-12-23-16/h1-3,5-6,14,16H,4,7-13H2,(H,19,22). The number of para-hydroxylation sites is 1. The minimum atomic E-state index is -0.288. The van der Waals surface area contributed by atoms with Crippen molar-refractivity contribution >= 4 is 11.8 Å². The molecule has 130 valence electrons. The molecule has 6 nitrogen and oxygen atoms in total. The maximum atomic E-state index is 12.2. The van der Waals surface area contributed by atoms with E-state index in [1.54, 1.807) is 4.90 Å². The normalized spacial score (nSPS) is 21.5. The SMILES string of the molecule is O=C(NC1CCN(C(=O)COc2ccccc2)CC1)C1CCCO1. The van der Waals surface area contributed by atoms with Crippen LogP contribution in [0.4, 0.5) is 0 Å². The first kappa shape index (κ1) is 16.8. The van der Waals surface area contributed by atoms with Crippen LogP contribution in [0.2, 0.25) is 0 Å². The third-order valence-electron chi connectivity index (χ3n) is 4.52. The highest BCUT2D eigenvalue weighted by atomic mass is 16.5. The summed E-state index contributed by atoms with van der Waals surface area (Å²) < 4.78 is 10.9. The first-order chi connectivity index (χ1) is 11.7. The van der Waals surface area contributed by atoms with E-state index in [1.807, 2.05) is 30.3 Å². The Morgan fingerprint density at radius 3 is 2.58 bits per heavy atom. The maximum absolute atomic E-state index is 12.2. The molecule has 0 saturated carbocycles. The highest BCUT2D eigenvalue weighted by Gasteiger charge is 2.28. The summed E-state index contributed by atoms with van der Waals surface area (Å²) >= 11 is 0.